The van der Waals surface area contributed by atoms with E-state index in [-0.39, 0.29) is 11.6 Å². The molecule has 0 fully saturated rings. The maximum absolute atomic E-state index is 11.5. The minimum Gasteiger partial charge on any atom is -0.311 e. The van der Waals surface area contributed by atoms with Crippen LogP contribution >= 0.6 is 38.5 Å². The van der Waals surface area contributed by atoms with Gasteiger partial charge in [-0.25, -0.2) is 0 Å². The average molecular weight is 342 g/mol. The van der Waals surface area contributed by atoms with Crippen molar-refractivity contribution in [1.82, 2.24) is 4.57 Å². The van der Waals surface area contributed by atoms with Crippen LogP contribution in [0, 0.1) is 3.57 Å². The summed E-state index contributed by atoms with van der Waals surface area (Å²) in [5.74, 6) is 0. The van der Waals surface area contributed by atoms with E-state index >= 15 is 0 Å². The molecule has 0 spiro atoms. The molecule has 0 atom stereocenters. The number of hydrogen-bond donors (Lipinski definition) is 0. The van der Waals surface area contributed by atoms with Gasteiger partial charge in [0.2, 0.25) is 0 Å². The maximum atomic E-state index is 11.5. The lowest BCUT2D eigenvalue weighted by atomic mass is 10.3. The van der Waals surface area contributed by atoms with Gasteiger partial charge in [-0.3, -0.25) is 4.79 Å². The van der Waals surface area contributed by atoms with Gasteiger partial charge in [0.25, 0.3) is 5.56 Å². The van der Waals surface area contributed by atoms with Crippen molar-refractivity contribution in [2.24, 2.45) is 0 Å². The van der Waals surface area contributed by atoms with Crippen molar-refractivity contribution >= 4 is 38.5 Å². The largest absolute Gasteiger partial charge is 0.311 e. The highest BCUT2D eigenvalue weighted by Crippen LogP contribution is 2.12. The zero-order valence-electron chi connectivity index (χ0n) is 6.84. The van der Waals surface area contributed by atoms with Crippen molar-refractivity contribution in [3.63, 3.8) is 0 Å². The highest BCUT2D eigenvalue weighted by atomic mass is 127. The Bertz CT molecular complexity index is 345. The van der Waals surface area contributed by atoms with Crippen LogP contribution in [0.5, 0.6) is 0 Å². The van der Waals surface area contributed by atoms with Crippen molar-refractivity contribution in [3.8, 4) is 0 Å². The first-order valence-corrected chi connectivity index (χ1v) is 5.46. The van der Waals surface area contributed by atoms with Crippen molar-refractivity contribution in [1.29, 1.82) is 0 Å². The first-order chi connectivity index (χ1) is 5.52. The summed E-state index contributed by atoms with van der Waals surface area (Å²) in [5, 5.41) is 0. The van der Waals surface area contributed by atoms with Crippen LogP contribution in [0.25, 0.3) is 0 Å². The molecule has 12 heavy (non-hydrogen) atoms. The molecular weight excluding hydrogens is 333 g/mol. The van der Waals surface area contributed by atoms with Gasteiger partial charge in [-0.15, -0.1) is 0 Å². The zero-order chi connectivity index (χ0) is 9.30. The Balaban J connectivity index is 3.38. The fourth-order valence-electron chi connectivity index (χ4n) is 0.918. The maximum Gasteiger partial charge on any atom is 0.264 e. The number of halogens is 2. The molecule has 1 aromatic heterocycles. The number of rotatable bonds is 1. The second-order valence-corrected chi connectivity index (χ2v) is 4.89. The van der Waals surface area contributed by atoms with Crippen LogP contribution in [0.1, 0.15) is 19.9 Å². The summed E-state index contributed by atoms with van der Waals surface area (Å²) in [6.45, 7) is 3.98. The lowest BCUT2D eigenvalue weighted by Gasteiger charge is -2.10. The second-order valence-electron chi connectivity index (χ2n) is 2.81. The standard InChI is InChI=1S/C8H9BrINO/c1-5(2)11-4-6(9)3-7(10)8(11)12/h3-5H,1-2H3. The molecule has 0 N–H and O–H groups in total. The van der Waals surface area contributed by atoms with Gasteiger partial charge in [-0.05, 0) is 58.4 Å². The van der Waals surface area contributed by atoms with E-state index in [1.807, 2.05) is 48.7 Å². The SMILES string of the molecule is CC(C)n1cc(Br)cc(I)c1=O. The molecule has 1 aromatic rings. The van der Waals surface area contributed by atoms with E-state index in [2.05, 4.69) is 15.9 Å². The van der Waals surface area contributed by atoms with E-state index in [4.69, 9.17) is 0 Å². The molecule has 1 rings (SSSR count). The Morgan fingerprint density at radius 2 is 2.17 bits per heavy atom. The molecule has 0 saturated carbocycles. The fraction of sp³-hybridized carbons (Fsp3) is 0.375. The lowest BCUT2D eigenvalue weighted by Crippen LogP contribution is -2.23. The molecule has 0 unspecified atom stereocenters. The monoisotopic (exact) mass is 341 g/mol. The Kier molecular flexibility index (Phi) is 3.34. The van der Waals surface area contributed by atoms with E-state index in [0.29, 0.717) is 0 Å². The molecule has 0 radical (unpaired) electrons. The van der Waals surface area contributed by atoms with E-state index in [1.54, 1.807) is 4.57 Å². The number of hydrogen-bond acceptors (Lipinski definition) is 1. The molecule has 0 aliphatic carbocycles. The molecule has 0 aromatic carbocycles. The van der Waals surface area contributed by atoms with Gasteiger partial charge in [0.15, 0.2) is 0 Å². The van der Waals surface area contributed by atoms with Crippen molar-refractivity contribution in [3.05, 3.63) is 30.7 Å². The Hall–Kier alpha value is 0.160. The molecule has 0 aliphatic heterocycles. The molecule has 66 valence electrons. The third-order valence-corrected chi connectivity index (χ3v) is 2.73. The normalized spacial score (nSPS) is 10.8. The number of aromatic nitrogens is 1. The first kappa shape index (κ1) is 10.2. The van der Waals surface area contributed by atoms with Gasteiger partial charge in [-0.1, -0.05) is 0 Å². The van der Waals surface area contributed by atoms with Crippen molar-refractivity contribution in [2.75, 3.05) is 0 Å². The Morgan fingerprint density at radius 3 is 2.67 bits per heavy atom. The average Bonchev–Trinajstić information content (AvgIpc) is 1.96. The van der Waals surface area contributed by atoms with E-state index in [9.17, 15) is 4.79 Å². The Morgan fingerprint density at radius 1 is 1.58 bits per heavy atom. The van der Waals surface area contributed by atoms with Gasteiger partial charge in [-0.2, -0.15) is 0 Å². The van der Waals surface area contributed by atoms with E-state index in [0.717, 1.165) is 8.04 Å². The zero-order valence-corrected chi connectivity index (χ0v) is 10.6. The van der Waals surface area contributed by atoms with Crippen LogP contribution < -0.4 is 5.56 Å². The number of nitrogens with zero attached hydrogens (tertiary/aromatic N) is 1. The van der Waals surface area contributed by atoms with Crippen LogP contribution in [0.2, 0.25) is 0 Å². The molecular formula is C8H9BrINO. The van der Waals surface area contributed by atoms with Crippen LogP contribution in [-0.2, 0) is 0 Å². The van der Waals surface area contributed by atoms with Gasteiger partial charge >= 0.3 is 0 Å². The summed E-state index contributed by atoms with van der Waals surface area (Å²) < 4.78 is 3.40. The quantitative estimate of drug-likeness (QED) is 0.720. The van der Waals surface area contributed by atoms with Gasteiger partial charge < -0.3 is 4.57 Å². The third-order valence-electron chi connectivity index (χ3n) is 1.52. The molecule has 0 amide bonds. The molecule has 0 saturated heterocycles. The molecule has 1 heterocycles. The molecule has 0 bridgehead atoms. The predicted molar refractivity (Wildman–Crippen MR) is 61.5 cm³/mol. The van der Waals surface area contributed by atoms with Crippen molar-refractivity contribution in [2.45, 2.75) is 19.9 Å². The third kappa shape index (κ3) is 2.10. The summed E-state index contributed by atoms with van der Waals surface area (Å²) in [7, 11) is 0. The molecule has 2 nitrogen and oxygen atoms in total. The highest BCUT2D eigenvalue weighted by Gasteiger charge is 2.04. The first-order valence-electron chi connectivity index (χ1n) is 3.59. The van der Waals surface area contributed by atoms with Gasteiger partial charge in [0, 0.05) is 16.7 Å². The van der Waals surface area contributed by atoms with Gasteiger partial charge in [0.1, 0.15) is 0 Å². The highest BCUT2D eigenvalue weighted by molar-refractivity contribution is 14.1. The summed E-state index contributed by atoms with van der Waals surface area (Å²) in [6.07, 6.45) is 1.81. The molecule has 0 aliphatic rings. The predicted octanol–water partition coefficient (Wildman–Crippen LogP) is 2.80. The van der Waals surface area contributed by atoms with Crippen molar-refractivity contribution < 1.29 is 0 Å². The minimum absolute atomic E-state index is 0.0776. The van der Waals surface area contributed by atoms with E-state index < -0.39 is 0 Å². The second kappa shape index (κ2) is 3.91. The summed E-state index contributed by atoms with van der Waals surface area (Å²) in [6, 6.07) is 2.03. The van der Waals surface area contributed by atoms with Crippen LogP contribution in [0.4, 0.5) is 0 Å². The molecule has 4 heteroatoms. The van der Waals surface area contributed by atoms with Gasteiger partial charge in [0.05, 0.1) is 3.57 Å². The Labute approximate surface area is 93.2 Å². The van der Waals surface area contributed by atoms with Crippen LogP contribution in [0.15, 0.2) is 21.5 Å². The summed E-state index contributed by atoms with van der Waals surface area (Å²) >= 11 is 5.40. The summed E-state index contributed by atoms with van der Waals surface area (Å²) in [5.41, 5.74) is 0.0776. The smallest absolute Gasteiger partial charge is 0.264 e. The van der Waals surface area contributed by atoms with Crippen LogP contribution in [-0.4, -0.2) is 4.57 Å². The summed E-state index contributed by atoms with van der Waals surface area (Å²) in [4.78, 5) is 11.5. The fourth-order valence-corrected chi connectivity index (χ4v) is 2.41. The topological polar surface area (TPSA) is 22.0 Å². The van der Waals surface area contributed by atoms with Crippen LogP contribution in [0.3, 0.4) is 0 Å². The minimum atomic E-state index is 0.0776. The lowest BCUT2D eigenvalue weighted by molar-refractivity contribution is 0.574. The van der Waals surface area contributed by atoms with E-state index in [1.165, 1.54) is 0 Å². The number of pyridine rings is 1.